The fourth-order valence-corrected chi connectivity index (χ4v) is 1.52. The van der Waals surface area contributed by atoms with Crippen LogP contribution in [0.1, 0.15) is 45.0 Å². The minimum atomic E-state index is 0.130. The minimum absolute atomic E-state index is 0.130. The Hall–Kier alpha value is -0.890. The molecule has 2 nitrogen and oxygen atoms in total. The summed E-state index contributed by atoms with van der Waals surface area (Å²) in [4.78, 5) is 4.36. The van der Waals surface area contributed by atoms with Crippen molar-refractivity contribution in [1.29, 1.82) is 0 Å². The van der Waals surface area contributed by atoms with Crippen LogP contribution in [-0.2, 0) is 0 Å². The molecule has 0 saturated carbocycles. The van der Waals surface area contributed by atoms with Gasteiger partial charge in [-0.3, -0.25) is 4.98 Å². The normalized spacial score (nSPS) is 14.1. The zero-order chi connectivity index (χ0) is 10.8. The summed E-state index contributed by atoms with van der Waals surface area (Å²) in [5, 5.41) is 3.50. The monoisotopic (exact) mass is 192 g/mol. The first-order valence-corrected chi connectivity index (χ1v) is 5.09. The zero-order valence-electron chi connectivity index (χ0n) is 9.76. The molecular formula is C12H20N2. The summed E-state index contributed by atoms with van der Waals surface area (Å²) in [6, 6.07) is 4.45. The largest absolute Gasteiger partial charge is 0.304 e. The molecule has 1 N–H and O–H groups in total. The maximum Gasteiger partial charge on any atom is 0.0573 e. The lowest BCUT2D eigenvalue weighted by Crippen LogP contribution is -2.37. The standard InChI is InChI=1S/C12H20N2/c1-9-6-7-13-11(8-9)10(2)14-12(3,4)5/h6-8,10,14H,1-5H3. The highest BCUT2D eigenvalue weighted by Gasteiger charge is 2.15. The van der Waals surface area contributed by atoms with Crippen LogP contribution in [0.5, 0.6) is 0 Å². The molecule has 0 saturated heterocycles. The van der Waals surface area contributed by atoms with Crippen molar-refractivity contribution in [2.45, 2.75) is 46.2 Å². The maximum absolute atomic E-state index is 4.36. The Balaban J connectivity index is 2.74. The van der Waals surface area contributed by atoms with Crippen molar-refractivity contribution in [3.8, 4) is 0 Å². The van der Waals surface area contributed by atoms with Gasteiger partial charge in [-0.05, 0) is 52.3 Å². The molecule has 0 fully saturated rings. The molecule has 0 aromatic carbocycles. The van der Waals surface area contributed by atoms with Crippen LogP contribution in [0.25, 0.3) is 0 Å². The van der Waals surface area contributed by atoms with Crippen molar-refractivity contribution in [2.75, 3.05) is 0 Å². The predicted octanol–water partition coefficient (Wildman–Crippen LogP) is 2.84. The van der Waals surface area contributed by atoms with Gasteiger partial charge < -0.3 is 5.32 Å². The lowest BCUT2D eigenvalue weighted by molar-refractivity contribution is 0.374. The van der Waals surface area contributed by atoms with Gasteiger partial charge in [0.25, 0.3) is 0 Å². The van der Waals surface area contributed by atoms with E-state index in [1.807, 2.05) is 12.3 Å². The molecule has 0 amide bonds. The second-order valence-corrected chi connectivity index (χ2v) is 4.87. The second-order valence-electron chi connectivity index (χ2n) is 4.87. The Labute approximate surface area is 86.8 Å². The molecule has 0 aliphatic rings. The lowest BCUT2D eigenvalue weighted by atomic mass is 10.1. The molecule has 1 aromatic rings. The Bertz CT molecular complexity index is 299. The summed E-state index contributed by atoms with van der Waals surface area (Å²) >= 11 is 0. The maximum atomic E-state index is 4.36. The van der Waals surface area contributed by atoms with Gasteiger partial charge in [-0.2, -0.15) is 0 Å². The number of rotatable bonds is 2. The summed E-state index contributed by atoms with van der Waals surface area (Å²) < 4.78 is 0. The van der Waals surface area contributed by atoms with Gasteiger partial charge in [0.15, 0.2) is 0 Å². The van der Waals surface area contributed by atoms with E-state index in [0.717, 1.165) is 5.69 Å². The molecule has 0 aliphatic carbocycles. The quantitative estimate of drug-likeness (QED) is 0.779. The Morgan fingerprint density at radius 2 is 2.00 bits per heavy atom. The topological polar surface area (TPSA) is 24.9 Å². The van der Waals surface area contributed by atoms with E-state index in [2.05, 4.69) is 51.0 Å². The molecule has 2 heteroatoms. The van der Waals surface area contributed by atoms with Crippen LogP contribution in [-0.4, -0.2) is 10.5 Å². The lowest BCUT2D eigenvalue weighted by Gasteiger charge is -2.25. The van der Waals surface area contributed by atoms with E-state index in [1.165, 1.54) is 5.56 Å². The van der Waals surface area contributed by atoms with Crippen molar-refractivity contribution < 1.29 is 0 Å². The molecule has 1 aromatic heterocycles. The van der Waals surface area contributed by atoms with Crippen LogP contribution in [0.15, 0.2) is 18.3 Å². The summed E-state index contributed by atoms with van der Waals surface area (Å²) in [5.41, 5.74) is 2.50. The van der Waals surface area contributed by atoms with Gasteiger partial charge in [0.05, 0.1) is 5.69 Å². The molecule has 14 heavy (non-hydrogen) atoms. The van der Waals surface area contributed by atoms with E-state index in [9.17, 15) is 0 Å². The number of nitrogens with zero attached hydrogens (tertiary/aromatic N) is 1. The summed E-state index contributed by atoms with van der Waals surface area (Å²) in [5.74, 6) is 0. The first kappa shape index (κ1) is 11.2. The summed E-state index contributed by atoms with van der Waals surface area (Å²) in [6.07, 6.45) is 1.87. The number of aromatic nitrogens is 1. The van der Waals surface area contributed by atoms with Gasteiger partial charge in [-0.25, -0.2) is 0 Å². The van der Waals surface area contributed by atoms with Gasteiger partial charge in [0.2, 0.25) is 0 Å². The second kappa shape index (κ2) is 4.09. The highest BCUT2D eigenvalue weighted by Crippen LogP contribution is 2.14. The Morgan fingerprint density at radius 3 is 2.50 bits per heavy atom. The highest BCUT2D eigenvalue weighted by atomic mass is 15.0. The average molecular weight is 192 g/mol. The number of aryl methyl sites for hydroxylation is 1. The van der Waals surface area contributed by atoms with E-state index in [0.29, 0.717) is 6.04 Å². The van der Waals surface area contributed by atoms with Gasteiger partial charge >= 0.3 is 0 Å². The molecule has 0 radical (unpaired) electrons. The van der Waals surface area contributed by atoms with Crippen molar-refractivity contribution >= 4 is 0 Å². The number of hydrogen-bond donors (Lipinski definition) is 1. The number of pyridine rings is 1. The van der Waals surface area contributed by atoms with E-state index in [1.54, 1.807) is 0 Å². The fourth-order valence-electron chi connectivity index (χ4n) is 1.52. The minimum Gasteiger partial charge on any atom is -0.304 e. The summed E-state index contributed by atoms with van der Waals surface area (Å²) in [7, 11) is 0. The SMILES string of the molecule is Cc1ccnc(C(C)NC(C)(C)C)c1. The van der Waals surface area contributed by atoms with Gasteiger partial charge in [-0.15, -0.1) is 0 Å². The third-order valence-corrected chi connectivity index (χ3v) is 2.03. The van der Waals surface area contributed by atoms with Crippen LogP contribution >= 0.6 is 0 Å². The van der Waals surface area contributed by atoms with Gasteiger partial charge in [-0.1, -0.05) is 0 Å². The van der Waals surface area contributed by atoms with Crippen molar-refractivity contribution in [1.82, 2.24) is 10.3 Å². The molecule has 78 valence electrons. The smallest absolute Gasteiger partial charge is 0.0573 e. The third-order valence-electron chi connectivity index (χ3n) is 2.03. The molecule has 1 unspecified atom stereocenters. The predicted molar refractivity (Wildman–Crippen MR) is 60.3 cm³/mol. The van der Waals surface area contributed by atoms with Crippen LogP contribution in [0.2, 0.25) is 0 Å². The fraction of sp³-hybridized carbons (Fsp3) is 0.583. The number of hydrogen-bond acceptors (Lipinski definition) is 2. The van der Waals surface area contributed by atoms with Crippen LogP contribution in [0.3, 0.4) is 0 Å². The molecule has 1 rings (SSSR count). The Kier molecular flexibility index (Phi) is 3.27. The van der Waals surface area contributed by atoms with Gasteiger partial charge in [0.1, 0.15) is 0 Å². The van der Waals surface area contributed by atoms with Crippen molar-refractivity contribution in [2.24, 2.45) is 0 Å². The third kappa shape index (κ3) is 3.46. The van der Waals surface area contributed by atoms with Crippen LogP contribution in [0.4, 0.5) is 0 Å². The molecule has 1 atom stereocenters. The van der Waals surface area contributed by atoms with Crippen LogP contribution in [0, 0.1) is 6.92 Å². The first-order valence-electron chi connectivity index (χ1n) is 5.09. The average Bonchev–Trinajstić information content (AvgIpc) is 2.01. The van der Waals surface area contributed by atoms with Crippen molar-refractivity contribution in [3.05, 3.63) is 29.6 Å². The molecule has 0 spiro atoms. The molecule has 0 bridgehead atoms. The van der Waals surface area contributed by atoms with Crippen molar-refractivity contribution in [3.63, 3.8) is 0 Å². The summed E-state index contributed by atoms with van der Waals surface area (Å²) in [6.45, 7) is 10.7. The van der Waals surface area contributed by atoms with E-state index in [-0.39, 0.29) is 5.54 Å². The van der Waals surface area contributed by atoms with E-state index < -0.39 is 0 Å². The van der Waals surface area contributed by atoms with E-state index >= 15 is 0 Å². The van der Waals surface area contributed by atoms with Gasteiger partial charge in [0, 0.05) is 17.8 Å². The van der Waals surface area contributed by atoms with E-state index in [4.69, 9.17) is 0 Å². The molecule has 1 heterocycles. The first-order chi connectivity index (χ1) is 6.38. The number of nitrogens with one attached hydrogen (secondary N) is 1. The molecular weight excluding hydrogens is 172 g/mol. The molecule has 0 aliphatic heterocycles. The highest BCUT2D eigenvalue weighted by molar-refractivity contribution is 5.17. The van der Waals surface area contributed by atoms with Crippen LogP contribution < -0.4 is 5.32 Å². The Morgan fingerprint density at radius 1 is 1.36 bits per heavy atom. The zero-order valence-corrected chi connectivity index (χ0v) is 9.76.